The number of aromatic nitrogens is 2. The SMILES string of the molecule is CN(Cc1cccc(F)c1)C(=O)CSc1nnc(-c2ccco2)o1. The van der Waals surface area contributed by atoms with Gasteiger partial charge in [-0.05, 0) is 29.8 Å². The molecule has 0 saturated heterocycles. The van der Waals surface area contributed by atoms with Crippen molar-refractivity contribution in [2.24, 2.45) is 0 Å². The van der Waals surface area contributed by atoms with E-state index in [4.69, 9.17) is 8.83 Å². The number of benzene rings is 1. The highest BCUT2D eigenvalue weighted by atomic mass is 32.2. The zero-order chi connectivity index (χ0) is 16.9. The molecule has 0 aliphatic carbocycles. The number of carbonyl (C=O) groups excluding carboxylic acids is 1. The van der Waals surface area contributed by atoms with E-state index in [0.29, 0.717) is 12.3 Å². The summed E-state index contributed by atoms with van der Waals surface area (Å²) in [5.74, 6) is 0.444. The molecule has 3 aromatic rings. The summed E-state index contributed by atoms with van der Waals surface area (Å²) in [5.41, 5.74) is 0.730. The Bertz CT molecular complexity index is 820. The molecule has 2 aromatic heterocycles. The van der Waals surface area contributed by atoms with Gasteiger partial charge in [-0.3, -0.25) is 4.79 Å². The Hall–Kier alpha value is -2.61. The van der Waals surface area contributed by atoms with Crippen LogP contribution in [0.1, 0.15) is 5.56 Å². The molecule has 0 N–H and O–H groups in total. The zero-order valence-corrected chi connectivity index (χ0v) is 13.6. The number of furan rings is 1. The van der Waals surface area contributed by atoms with Crippen LogP contribution in [0.25, 0.3) is 11.7 Å². The fourth-order valence-corrected chi connectivity index (χ4v) is 2.70. The summed E-state index contributed by atoms with van der Waals surface area (Å²) in [5, 5.41) is 8.01. The first-order valence-corrected chi connectivity index (χ1v) is 8.09. The lowest BCUT2D eigenvalue weighted by Crippen LogP contribution is -2.27. The molecule has 0 bridgehead atoms. The van der Waals surface area contributed by atoms with Crippen LogP contribution < -0.4 is 0 Å². The fraction of sp³-hybridized carbons (Fsp3) is 0.188. The Labute approximate surface area is 141 Å². The van der Waals surface area contributed by atoms with Crippen molar-refractivity contribution in [3.8, 4) is 11.7 Å². The largest absolute Gasteiger partial charge is 0.459 e. The molecule has 0 saturated carbocycles. The van der Waals surface area contributed by atoms with E-state index in [1.807, 2.05) is 0 Å². The summed E-state index contributed by atoms with van der Waals surface area (Å²) >= 11 is 1.14. The highest BCUT2D eigenvalue weighted by Crippen LogP contribution is 2.23. The van der Waals surface area contributed by atoms with Crippen molar-refractivity contribution in [2.75, 3.05) is 12.8 Å². The van der Waals surface area contributed by atoms with Crippen molar-refractivity contribution >= 4 is 17.7 Å². The van der Waals surface area contributed by atoms with Crippen molar-refractivity contribution in [2.45, 2.75) is 11.8 Å². The molecule has 1 aromatic carbocycles. The molecule has 0 unspecified atom stereocenters. The third-order valence-electron chi connectivity index (χ3n) is 3.19. The minimum Gasteiger partial charge on any atom is -0.459 e. The van der Waals surface area contributed by atoms with Crippen molar-refractivity contribution in [1.82, 2.24) is 15.1 Å². The molecule has 6 nitrogen and oxygen atoms in total. The molecule has 24 heavy (non-hydrogen) atoms. The fourth-order valence-electron chi connectivity index (χ4n) is 2.00. The number of thioether (sulfide) groups is 1. The second kappa shape index (κ2) is 7.31. The molecule has 124 valence electrons. The standard InChI is InChI=1S/C16H14FN3O3S/c1-20(9-11-4-2-5-12(17)8-11)14(21)10-24-16-19-18-15(23-16)13-6-3-7-22-13/h2-8H,9-10H2,1H3. The van der Waals surface area contributed by atoms with E-state index < -0.39 is 0 Å². The molecule has 3 rings (SSSR count). The minimum absolute atomic E-state index is 0.123. The van der Waals surface area contributed by atoms with Gasteiger partial charge in [0.05, 0.1) is 12.0 Å². The molecule has 0 fully saturated rings. The lowest BCUT2D eigenvalue weighted by atomic mass is 10.2. The number of hydrogen-bond acceptors (Lipinski definition) is 6. The predicted octanol–water partition coefficient (Wildman–Crippen LogP) is 3.22. The van der Waals surface area contributed by atoms with Gasteiger partial charge < -0.3 is 13.7 Å². The zero-order valence-electron chi connectivity index (χ0n) is 12.8. The lowest BCUT2D eigenvalue weighted by Gasteiger charge is -2.16. The molecule has 2 heterocycles. The molecular weight excluding hydrogens is 333 g/mol. The Morgan fingerprint density at radius 2 is 2.17 bits per heavy atom. The van der Waals surface area contributed by atoms with Crippen LogP contribution in [0.3, 0.4) is 0 Å². The first-order chi connectivity index (χ1) is 11.6. The highest BCUT2D eigenvalue weighted by molar-refractivity contribution is 7.99. The summed E-state index contributed by atoms with van der Waals surface area (Å²) in [6.07, 6.45) is 1.51. The Kier molecular flexibility index (Phi) is 4.95. The number of hydrogen-bond donors (Lipinski definition) is 0. The van der Waals surface area contributed by atoms with Gasteiger partial charge in [0.1, 0.15) is 5.82 Å². The van der Waals surface area contributed by atoms with Gasteiger partial charge in [0, 0.05) is 13.6 Å². The third kappa shape index (κ3) is 4.02. The van der Waals surface area contributed by atoms with E-state index in [9.17, 15) is 9.18 Å². The summed E-state index contributed by atoms with van der Waals surface area (Å²) < 4.78 is 23.7. The molecule has 1 amide bonds. The van der Waals surface area contributed by atoms with Gasteiger partial charge in [0.15, 0.2) is 5.76 Å². The van der Waals surface area contributed by atoms with Crippen molar-refractivity contribution < 1.29 is 18.0 Å². The van der Waals surface area contributed by atoms with Crippen LogP contribution in [0.15, 0.2) is 56.7 Å². The normalized spacial score (nSPS) is 10.8. The monoisotopic (exact) mass is 347 g/mol. The number of rotatable bonds is 6. The number of halogens is 1. The van der Waals surface area contributed by atoms with Crippen LogP contribution in [0.4, 0.5) is 4.39 Å². The molecule has 0 spiro atoms. The van der Waals surface area contributed by atoms with E-state index >= 15 is 0 Å². The van der Waals surface area contributed by atoms with E-state index in [2.05, 4.69) is 10.2 Å². The maximum atomic E-state index is 13.2. The molecular formula is C16H14FN3O3S. The van der Waals surface area contributed by atoms with E-state index in [1.54, 1.807) is 31.3 Å². The summed E-state index contributed by atoms with van der Waals surface area (Å²) in [7, 11) is 1.66. The average molecular weight is 347 g/mol. The van der Waals surface area contributed by atoms with Crippen molar-refractivity contribution in [3.63, 3.8) is 0 Å². The van der Waals surface area contributed by atoms with Gasteiger partial charge in [-0.15, -0.1) is 10.2 Å². The number of carbonyl (C=O) groups is 1. The summed E-state index contributed by atoms with van der Waals surface area (Å²) in [4.78, 5) is 13.7. The van der Waals surface area contributed by atoms with Crippen LogP contribution in [0.5, 0.6) is 0 Å². The van der Waals surface area contributed by atoms with Crippen LogP contribution >= 0.6 is 11.8 Å². The quantitative estimate of drug-likeness (QED) is 0.638. The predicted molar refractivity (Wildman–Crippen MR) is 85.6 cm³/mol. The maximum absolute atomic E-state index is 13.2. The number of nitrogens with zero attached hydrogens (tertiary/aromatic N) is 3. The first kappa shape index (κ1) is 16.3. The Morgan fingerprint density at radius 3 is 2.92 bits per heavy atom. The van der Waals surface area contributed by atoms with Gasteiger partial charge >= 0.3 is 0 Å². The maximum Gasteiger partial charge on any atom is 0.284 e. The molecule has 0 radical (unpaired) electrons. The molecule has 0 atom stereocenters. The second-order valence-electron chi connectivity index (χ2n) is 5.02. The Morgan fingerprint density at radius 1 is 1.29 bits per heavy atom. The molecule has 8 heteroatoms. The van der Waals surface area contributed by atoms with Gasteiger partial charge in [0.25, 0.3) is 11.1 Å². The topological polar surface area (TPSA) is 72.4 Å². The Balaban J connectivity index is 1.53. The van der Waals surface area contributed by atoms with Crippen molar-refractivity contribution in [1.29, 1.82) is 0 Å². The van der Waals surface area contributed by atoms with Gasteiger partial charge in [-0.25, -0.2) is 4.39 Å². The third-order valence-corrected chi connectivity index (χ3v) is 4.00. The van der Waals surface area contributed by atoms with Crippen LogP contribution in [0.2, 0.25) is 0 Å². The van der Waals surface area contributed by atoms with Gasteiger partial charge in [0.2, 0.25) is 5.91 Å². The van der Waals surface area contributed by atoms with Gasteiger partial charge in [-0.2, -0.15) is 0 Å². The van der Waals surface area contributed by atoms with Crippen LogP contribution in [-0.2, 0) is 11.3 Å². The average Bonchev–Trinajstić information content (AvgIpc) is 3.23. The number of amides is 1. The summed E-state index contributed by atoms with van der Waals surface area (Å²) in [6.45, 7) is 0.332. The lowest BCUT2D eigenvalue weighted by molar-refractivity contribution is -0.127. The molecule has 0 aliphatic rings. The second-order valence-corrected chi connectivity index (χ2v) is 5.95. The van der Waals surface area contributed by atoms with E-state index in [-0.39, 0.29) is 28.6 Å². The highest BCUT2D eigenvalue weighted by Gasteiger charge is 2.15. The smallest absolute Gasteiger partial charge is 0.284 e. The molecule has 0 aliphatic heterocycles. The first-order valence-electron chi connectivity index (χ1n) is 7.10. The van der Waals surface area contributed by atoms with Crippen LogP contribution in [-0.4, -0.2) is 33.8 Å². The van der Waals surface area contributed by atoms with Gasteiger partial charge in [-0.1, -0.05) is 23.9 Å². The van der Waals surface area contributed by atoms with Crippen LogP contribution in [0, 0.1) is 5.82 Å². The minimum atomic E-state index is -0.320. The van der Waals surface area contributed by atoms with Crippen molar-refractivity contribution in [3.05, 3.63) is 54.0 Å². The summed E-state index contributed by atoms with van der Waals surface area (Å²) in [6, 6.07) is 9.59. The van der Waals surface area contributed by atoms with E-state index in [1.165, 1.54) is 23.3 Å². The van der Waals surface area contributed by atoms with E-state index in [0.717, 1.165) is 17.3 Å².